The normalized spacial score (nSPS) is 11.2. The van der Waals surface area contributed by atoms with Crippen molar-refractivity contribution >= 4 is 26.7 Å². The molecule has 0 saturated heterocycles. The predicted octanol–water partition coefficient (Wildman–Crippen LogP) is 3.72. The number of pyridine rings is 1. The number of benzene rings is 2. The largest absolute Gasteiger partial charge is 0.479 e. The van der Waals surface area contributed by atoms with Gasteiger partial charge in [0.15, 0.2) is 11.5 Å². The first-order chi connectivity index (χ1) is 15.7. The Morgan fingerprint density at radius 3 is 2.45 bits per heavy atom. The third-order valence-electron chi connectivity index (χ3n) is 4.39. The fourth-order valence-corrected chi connectivity index (χ4v) is 3.97. The standard InChI is InChI=1S/C21H12F4N4O3S/c1-32-21-16-6-11(10-26-20(16)27-28-21)2-3-15-17(24)4-5-18(19(15)25)29-33(30,31)14-8-12(22)7-13(23)9-14/h4-10,29H,1H3,(H,26,27,28). The van der Waals surface area contributed by atoms with Gasteiger partial charge in [0.25, 0.3) is 10.0 Å². The van der Waals surface area contributed by atoms with Crippen LogP contribution < -0.4 is 9.46 Å². The Morgan fingerprint density at radius 1 is 1.03 bits per heavy atom. The van der Waals surface area contributed by atoms with Crippen LogP contribution in [0.1, 0.15) is 11.1 Å². The van der Waals surface area contributed by atoms with Gasteiger partial charge in [-0.1, -0.05) is 11.8 Å². The predicted molar refractivity (Wildman–Crippen MR) is 110 cm³/mol. The summed E-state index contributed by atoms with van der Waals surface area (Å²) in [6, 6.07) is 4.77. The number of fused-ring (bicyclic) bond motifs is 1. The maximum Gasteiger partial charge on any atom is 0.262 e. The number of hydrogen-bond donors (Lipinski definition) is 2. The van der Waals surface area contributed by atoms with Gasteiger partial charge in [0.2, 0.25) is 5.88 Å². The minimum atomic E-state index is -4.58. The highest BCUT2D eigenvalue weighted by Crippen LogP contribution is 2.25. The number of aromatic amines is 1. The van der Waals surface area contributed by atoms with Crippen LogP contribution in [0.5, 0.6) is 5.88 Å². The van der Waals surface area contributed by atoms with E-state index in [-0.39, 0.29) is 11.4 Å². The Hall–Kier alpha value is -4.11. The summed E-state index contributed by atoms with van der Waals surface area (Å²) in [6.45, 7) is 0. The number of hydrogen-bond acceptors (Lipinski definition) is 5. The van der Waals surface area contributed by atoms with E-state index < -0.39 is 49.4 Å². The van der Waals surface area contributed by atoms with Gasteiger partial charge in [-0.2, -0.15) is 0 Å². The first-order valence-electron chi connectivity index (χ1n) is 9.05. The number of halogens is 4. The molecule has 2 N–H and O–H groups in total. The maximum atomic E-state index is 14.9. The van der Waals surface area contributed by atoms with E-state index in [2.05, 4.69) is 27.0 Å². The zero-order valence-corrected chi connectivity index (χ0v) is 17.4. The van der Waals surface area contributed by atoms with Crippen molar-refractivity contribution in [1.29, 1.82) is 0 Å². The summed E-state index contributed by atoms with van der Waals surface area (Å²) in [5.41, 5.74) is -0.683. The summed E-state index contributed by atoms with van der Waals surface area (Å²) in [5.74, 6) is 0.480. The topological polar surface area (TPSA) is 97.0 Å². The number of nitrogens with one attached hydrogen (secondary N) is 2. The lowest BCUT2D eigenvalue weighted by Gasteiger charge is -2.10. The van der Waals surface area contributed by atoms with Gasteiger partial charge in [-0.25, -0.2) is 31.0 Å². The van der Waals surface area contributed by atoms with Crippen molar-refractivity contribution in [3.8, 4) is 17.7 Å². The van der Waals surface area contributed by atoms with Crippen LogP contribution in [0.15, 0.2) is 47.5 Å². The first kappa shape index (κ1) is 22.1. The number of aromatic nitrogens is 3. The van der Waals surface area contributed by atoms with Crippen molar-refractivity contribution in [3.63, 3.8) is 0 Å². The van der Waals surface area contributed by atoms with Crippen molar-refractivity contribution < 1.29 is 30.7 Å². The number of H-pyrrole nitrogens is 1. The second-order valence-corrected chi connectivity index (χ2v) is 8.28. The number of methoxy groups -OCH3 is 1. The lowest BCUT2D eigenvalue weighted by atomic mass is 10.1. The number of sulfonamides is 1. The van der Waals surface area contributed by atoms with Gasteiger partial charge in [0.05, 0.1) is 28.6 Å². The molecule has 0 aliphatic rings. The van der Waals surface area contributed by atoms with Crippen molar-refractivity contribution in [2.24, 2.45) is 0 Å². The van der Waals surface area contributed by atoms with Crippen LogP contribution in [-0.2, 0) is 10.0 Å². The smallest absolute Gasteiger partial charge is 0.262 e. The SMILES string of the molecule is COc1n[nH]c2ncc(C#Cc3c(F)ccc(NS(=O)(=O)c4cc(F)cc(F)c4)c3F)cc12. The molecule has 0 fully saturated rings. The highest BCUT2D eigenvalue weighted by atomic mass is 32.2. The van der Waals surface area contributed by atoms with Crippen molar-refractivity contribution in [3.05, 3.63) is 77.0 Å². The second-order valence-electron chi connectivity index (χ2n) is 6.60. The van der Waals surface area contributed by atoms with E-state index in [0.717, 1.165) is 12.1 Å². The van der Waals surface area contributed by atoms with Crippen molar-refractivity contribution in [1.82, 2.24) is 15.2 Å². The van der Waals surface area contributed by atoms with E-state index in [1.807, 2.05) is 4.72 Å². The highest BCUT2D eigenvalue weighted by Gasteiger charge is 2.21. The van der Waals surface area contributed by atoms with Crippen LogP contribution in [0.4, 0.5) is 23.2 Å². The molecular formula is C21H12F4N4O3S. The van der Waals surface area contributed by atoms with Gasteiger partial charge < -0.3 is 4.74 Å². The average molecular weight is 476 g/mol. The van der Waals surface area contributed by atoms with E-state index in [9.17, 15) is 26.0 Å². The average Bonchev–Trinajstić information content (AvgIpc) is 3.17. The first-order valence-corrected chi connectivity index (χ1v) is 10.5. The lowest BCUT2D eigenvalue weighted by molar-refractivity contribution is 0.401. The Kier molecular flexibility index (Phi) is 5.65. The van der Waals surface area contributed by atoms with Gasteiger partial charge in [0.1, 0.15) is 17.5 Å². The van der Waals surface area contributed by atoms with Crippen LogP contribution in [0.25, 0.3) is 11.0 Å². The maximum absolute atomic E-state index is 14.9. The number of nitrogens with zero attached hydrogens (tertiary/aromatic N) is 2. The fourth-order valence-electron chi connectivity index (χ4n) is 2.87. The lowest BCUT2D eigenvalue weighted by Crippen LogP contribution is -2.15. The molecule has 4 aromatic rings. The molecule has 2 heterocycles. The minimum Gasteiger partial charge on any atom is -0.479 e. The zero-order chi connectivity index (χ0) is 23.8. The molecule has 168 valence electrons. The molecular weight excluding hydrogens is 464 g/mol. The van der Waals surface area contributed by atoms with E-state index in [4.69, 9.17) is 4.74 Å². The van der Waals surface area contributed by atoms with Crippen LogP contribution in [0.2, 0.25) is 0 Å². The van der Waals surface area contributed by atoms with Gasteiger partial charge in [-0.05, 0) is 30.3 Å². The summed E-state index contributed by atoms with van der Waals surface area (Å²) in [6.07, 6.45) is 1.34. The molecule has 2 aromatic carbocycles. The van der Waals surface area contributed by atoms with Crippen molar-refractivity contribution in [2.75, 3.05) is 11.8 Å². The molecule has 0 unspecified atom stereocenters. The molecule has 7 nitrogen and oxygen atoms in total. The summed E-state index contributed by atoms with van der Waals surface area (Å²) in [5, 5.41) is 7.03. The van der Waals surface area contributed by atoms with Crippen LogP contribution in [0.3, 0.4) is 0 Å². The molecule has 0 aliphatic carbocycles. The van der Waals surface area contributed by atoms with E-state index in [0.29, 0.717) is 29.2 Å². The molecule has 0 aliphatic heterocycles. The summed E-state index contributed by atoms with van der Waals surface area (Å²) >= 11 is 0. The quantitative estimate of drug-likeness (QED) is 0.346. The van der Waals surface area contributed by atoms with Gasteiger partial charge in [-0.15, -0.1) is 5.10 Å². The van der Waals surface area contributed by atoms with E-state index in [1.54, 1.807) is 6.07 Å². The van der Waals surface area contributed by atoms with E-state index >= 15 is 0 Å². The van der Waals surface area contributed by atoms with Crippen LogP contribution in [-0.4, -0.2) is 30.7 Å². The summed E-state index contributed by atoms with van der Waals surface area (Å²) in [4.78, 5) is 3.31. The molecule has 12 heteroatoms. The molecule has 0 saturated carbocycles. The van der Waals surface area contributed by atoms with Crippen molar-refractivity contribution in [2.45, 2.75) is 4.90 Å². The van der Waals surface area contributed by atoms with Crippen LogP contribution >= 0.6 is 0 Å². The summed E-state index contributed by atoms with van der Waals surface area (Å²) < 4.78 is 87.7. The van der Waals surface area contributed by atoms with E-state index in [1.165, 1.54) is 13.3 Å². The number of anilines is 1. The Balaban J connectivity index is 1.70. The van der Waals surface area contributed by atoms with Gasteiger partial charge >= 0.3 is 0 Å². The number of rotatable bonds is 4. The van der Waals surface area contributed by atoms with Gasteiger partial charge in [-0.3, -0.25) is 9.82 Å². The molecule has 0 spiro atoms. The fraction of sp³-hybridized carbons (Fsp3) is 0.0476. The third-order valence-corrected chi connectivity index (χ3v) is 5.73. The highest BCUT2D eigenvalue weighted by molar-refractivity contribution is 7.92. The number of ether oxygens (including phenoxy) is 1. The molecule has 0 amide bonds. The Morgan fingerprint density at radius 2 is 1.76 bits per heavy atom. The third kappa shape index (κ3) is 4.44. The molecule has 4 rings (SSSR count). The molecule has 0 bridgehead atoms. The van der Waals surface area contributed by atoms with Crippen LogP contribution in [0, 0.1) is 35.1 Å². The second kappa shape index (κ2) is 8.44. The Labute approximate surface area is 184 Å². The monoisotopic (exact) mass is 476 g/mol. The molecule has 2 aromatic heterocycles. The van der Waals surface area contributed by atoms with Gasteiger partial charge in [0, 0.05) is 17.8 Å². The molecule has 0 atom stereocenters. The summed E-state index contributed by atoms with van der Waals surface area (Å²) in [7, 11) is -3.17. The molecule has 0 radical (unpaired) electrons. The Bertz CT molecular complexity index is 1540. The molecule has 33 heavy (non-hydrogen) atoms. The minimum absolute atomic E-state index is 0.253. The zero-order valence-electron chi connectivity index (χ0n) is 16.6.